The van der Waals surface area contributed by atoms with Crippen molar-refractivity contribution < 1.29 is 4.79 Å². The summed E-state index contributed by atoms with van der Waals surface area (Å²) >= 11 is 13.5. The second kappa shape index (κ2) is 8.63. The summed E-state index contributed by atoms with van der Waals surface area (Å²) in [6.07, 6.45) is 0. The molecule has 30 heavy (non-hydrogen) atoms. The first-order valence-electron chi connectivity index (χ1n) is 9.10. The van der Waals surface area contributed by atoms with E-state index < -0.39 is 0 Å². The van der Waals surface area contributed by atoms with Gasteiger partial charge in [-0.25, -0.2) is 0 Å². The zero-order valence-electron chi connectivity index (χ0n) is 16.2. The number of aryl methyl sites for hydroxylation is 1. The monoisotopic (exact) mass is 457 g/mol. The first-order chi connectivity index (χ1) is 14.5. The Kier molecular flexibility index (Phi) is 5.94. The first-order valence-corrected chi connectivity index (χ1v) is 10.8. The molecule has 0 spiro atoms. The molecule has 0 atom stereocenters. The Morgan fingerprint density at radius 2 is 1.77 bits per heavy atom. The third-order valence-corrected chi connectivity index (χ3v) is 6.33. The van der Waals surface area contributed by atoms with E-state index in [2.05, 4.69) is 15.5 Å². The Balaban J connectivity index is 1.56. The number of thioether (sulfide) groups is 1. The highest BCUT2D eigenvalue weighted by Crippen LogP contribution is 2.28. The standard InChI is InChI=1S/C21H17Cl2N5OS/c1-13-10-17(14(2)27(13)16-8-9-18(22)19(23)11-16)20(29)12-30-21-24-25-26-28(21)15-6-4-3-5-7-15/h3-11H,12H2,1-2H3. The summed E-state index contributed by atoms with van der Waals surface area (Å²) in [5, 5.41) is 13.3. The van der Waals surface area contributed by atoms with E-state index >= 15 is 0 Å². The van der Waals surface area contributed by atoms with Crippen LogP contribution in [0.15, 0.2) is 59.8 Å². The van der Waals surface area contributed by atoms with E-state index in [1.165, 1.54) is 11.8 Å². The minimum atomic E-state index is 0.00187. The summed E-state index contributed by atoms with van der Waals surface area (Å²) in [5.41, 5.74) is 4.15. The number of carbonyl (C=O) groups is 1. The SMILES string of the molecule is Cc1cc(C(=O)CSc2nnnn2-c2ccccc2)c(C)n1-c1ccc(Cl)c(Cl)c1. The molecule has 2 aromatic heterocycles. The van der Waals surface area contributed by atoms with Gasteiger partial charge >= 0.3 is 0 Å². The number of ketones is 1. The van der Waals surface area contributed by atoms with Crippen LogP contribution in [0.1, 0.15) is 21.7 Å². The van der Waals surface area contributed by atoms with Crippen LogP contribution in [0.3, 0.4) is 0 Å². The van der Waals surface area contributed by atoms with Gasteiger partial charge in [0.15, 0.2) is 5.78 Å². The summed E-state index contributed by atoms with van der Waals surface area (Å²) in [4.78, 5) is 13.0. The number of hydrogen-bond acceptors (Lipinski definition) is 5. The zero-order valence-corrected chi connectivity index (χ0v) is 18.5. The third kappa shape index (κ3) is 4.01. The Bertz CT molecular complexity index is 1220. The smallest absolute Gasteiger partial charge is 0.214 e. The molecule has 6 nitrogen and oxygen atoms in total. The van der Waals surface area contributed by atoms with E-state index in [4.69, 9.17) is 23.2 Å². The maximum Gasteiger partial charge on any atom is 0.214 e. The van der Waals surface area contributed by atoms with Crippen molar-refractivity contribution in [3.8, 4) is 11.4 Å². The molecule has 0 aliphatic rings. The molecule has 0 N–H and O–H groups in total. The molecule has 2 aromatic carbocycles. The Morgan fingerprint density at radius 1 is 1.00 bits per heavy atom. The predicted octanol–water partition coefficient (Wildman–Crippen LogP) is 5.35. The van der Waals surface area contributed by atoms with Crippen molar-refractivity contribution in [3.05, 3.63) is 81.6 Å². The van der Waals surface area contributed by atoms with E-state index in [0.717, 1.165) is 22.8 Å². The van der Waals surface area contributed by atoms with Gasteiger partial charge in [-0.15, -0.1) is 5.10 Å². The molecule has 0 aliphatic heterocycles. The zero-order chi connectivity index (χ0) is 21.3. The van der Waals surface area contributed by atoms with Crippen molar-refractivity contribution in [2.24, 2.45) is 0 Å². The molecule has 0 amide bonds. The van der Waals surface area contributed by atoms with E-state index in [1.807, 2.05) is 60.9 Å². The maximum absolute atomic E-state index is 13.0. The van der Waals surface area contributed by atoms with Gasteiger partial charge in [-0.05, 0) is 60.7 Å². The lowest BCUT2D eigenvalue weighted by Gasteiger charge is -2.11. The van der Waals surface area contributed by atoms with Crippen molar-refractivity contribution >= 4 is 40.7 Å². The maximum atomic E-state index is 13.0. The predicted molar refractivity (Wildman–Crippen MR) is 119 cm³/mol. The van der Waals surface area contributed by atoms with Gasteiger partial charge in [0.1, 0.15) is 0 Å². The van der Waals surface area contributed by atoms with E-state index in [1.54, 1.807) is 16.8 Å². The largest absolute Gasteiger partial charge is 0.318 e. The Labute approximate surface area is 187 Å². The molecule has 9 heteroatoms. The molecule has 0 bridgehead atoms. The van der Waals surface area contributed by atoms with Crippen LogP contribution in [0.4, 0.5) is 0 Å². The molecule has 0 saturated carbocycles. The van der Waals surface area contributed by atoms with Crippen LogP contribution in [-0.4, -0.2) is 36.3 Å². The summed E-state index contributed by atoms with van der Waals surface area (Å²) < 4.78 is 3.62. The summed E-state index contributed by atoms with van der Waals surface area (Å²) in [6.45, 7) is 3.87. The molecule has 4 rings (SSSR count). The van der Waals surface area contributed by atoms with Gasteiger partial charge in [0, 0.05) is 22.6 Å². The fourth-order valence-corrected chi connectivity index (χ4v) is 4.34. The quantitative estimate of drug-likeness (QED) is 0.288. The lowest BCUT2D eigenvalue weighted by Crippen LogP contribution is -2.07. The summed E-state index contributed by atoms with van der Waals surface area (Å²) in [7, 11) is 0. The van der Waals surface area contributed by atoms with Gasteiger partial charge in [0.05, 0.1) is 21.5 Å². The average Bonchev–Trinajstić information content (AvgIpc) is 3.33. The van der Waals surface area contributed by atoms with Crippen LogP contribution in [0, 0.1) is 13.8 Å². The fraction of sp³-hybridized carbons (Fsp3) is 0.143. The van der Waals surface area contributed by atoms with E-state index in [9.17, 15) is 4.79 Å². The number of tetrazole rings is 1. The van der Waals surface area contributed by atoms with Gasteiger partial charge < -0.3 is 4.57 Å². The molecule has 0 saturated heterocycles. The van der Waals surface area contributed by atoms with Crippen LogP contribution < -0.4 is 0 Å². The second-order valence-corrected chi connectivity index (χ2v) is 8.40. The molecule has 4 aromatic rings. The number of aromatic nitrogens is 5. The van der Waals surface area contributed by atoms with Gasteiger partial charge in [-0.2, -0.15) is 4.68 Å². The van der Waals surface area contributed by atoms with Gasteiger partial charge in [-0.3, -0.25) is 4.79 Å². The van der Waals surface area contributed by atoms with Crippen LogP contribution in [0.25, 0.3) is 11.4 Å². The van der Waals surface area contributed by atoms with Crippen LogP contribution in [0.2, 0.25) is 10.0 Å². The number of benzene rings is 2. The van der Waals surface area contributed by atoms with Crippen LogP contribution in [0.5, 0.6) is 0 Å². The van der Waals surface area contributed by atoms with Crippen molar-refractivity contribution in [1.82, 2.24) is 24.8 Å². The number of carbonyl (C=O) groups excluding carboxylic acids is 1. The number of Topliss-reactive ketones (excluding diaryl/α,β-unsaturated/α-hetero) is 1. The van der Waals surface area contributed by atoms with Crippen LogP contribution >= 0.6 is 35.0 Å². The van der Waals surface area contributed by atoms with Gasteiger partial charge in [0.25, 0.3) is 0 Å². The minimum Gasteiger partial charge on any atom is -0.318 e. The number of para-hydroxylation sites is 1. The molecule has 0 aliphatic carbocycles. The first kappa shape index (κ1) is 20.7. The normalized spacial score (nSPS) is 11.1. The second-order valence-electron chi connectivity index (χ2n) is 6.64. The fourth-order valence-electron chi connectivity index (χ4n) is 3.27. The third-order valence-electron chi connectivity index (χ3n) is 4.67. The Hall–Kier alpha value is -2.61. The highest BCUT2D eigenvalue weighted by molar-refractivity contribution is 7.99. The van der Waals surface area contributed by atoms with Gasteiger partial charge in [0.2, 0.25) is 5.16 Å². The van der Waals surface area contributed by atoms with Gasteiger partial charge in [-0.1, -0.05) is 53.2 Å². The molecule has 0 unspecified atom stereocenters. The lowest BCUT2D eigenvalue weighted by molar-refractivity contribution is 0.102. The van der Waals surface area contributed by atoms with Crippen LogP contribution in [-0.2, 0) is 0 Å². The van der Waals surface area contributed by atoms with Crippen molar-refractivity contribution in [1.29, 1.82) is 0 Å². The van der Waals surface area contributed by atoms with E-state index in [-0.39, 0.29) is 11.5 Å². The summed E-state index contributed by atoms with van der Waals surface area (Å²) in [5.74, 6) is 0.223. The number of nitrogens with zero attached hydrogens (tertiary/aromatic N) is 5. The molecule has 2 heterocycles. The lowest BCUT2D eigenvalue weighted by atomic mass is 10.2. The highest BCUT2D eigenvalue weighted by Gasteiger charge is 2.19. The summed E-state index contributed by atoms with van der Waals surface area (Å²) in [6, 6.07) is 16.9. The molecular formula is C21H17Cl2N5OS. The molecule has 152 valence electrons. The molecule has 0 radical (unpaired) electrons. The number of hydrogen-bond donors (Lipinski definition) is 0. The average molecular weight is 458 g/mol. The highest BCUT2D eigenvalue weighted by atomic mass is 35.5. The van der Waals surface area contributed by atoms with Crippen molar-refractivity contribution in [3.63, 3.8) is 0 Å². The van der Waals surface area contributed by atoms with E-state index in [0.29, 0.717) is 20.8 Å². The van der Waals surface area contributed by atoms with Crippen molar-refractivity contribution in [2.75, 3.05) is 5.75 Å². The topological polar surface area (TPSA) is 65.6 Å². The molecule has 0 fully saturated rings. The Morgan fingerprint density at radius 3 is 2.50 bits per heavy atom. The number of rotatable bonds is 6. The minimum absolute atomic E-state index is 0.00187. The van der Waals surface area contributed by atoms with Crippen molar-refractivity contribution in [2.45, 2.75) is 19.0 Å². The number of halogens is 2. The molecular weight excluding hydrogens is 441 g/mol.